The lowest BCUT2D eigenvalue weighted by Crippen LogP contribution is -2.10. The van der Waals surface area contributed by atoms with Gasteiger partial charge in [0.15, 0.2) is 0 Å². The second-order valence-electron chi connectivity index (χ2n) is 5.18. The second kappa shape index (κ2) is 6.09. The zero-order valence-corrected chi connectivity index (χ0v) is 12.7. The summed E-state index contributed by atoms with van der Waals surface area (Å²) in [7, 11) is 0. The lowest BCUT2D eigenvalue weighted by Gasteiger charge is -2.11. The average Bonchev–Trinajstić information content (AvgIpc) is 2.39. The van der Waals surface area contributed by atoms with Crippen LogP contribution in [-0.2, 0) is 0 Å². The molecule has 0 saturated carbocycles. The van der Waals surface area contributed by atoms with Crippen molar-refractivity contribution in [1.82, 2.24) is 9.97 Å². The van der Waals surface area contributed by atoms with E-state index < -0.39 is 0 Å². The van der Waals surface area contributed by atoms with Crippen LogP contribution in [-0.4, -0.2) is 16.5 Å². The summed E-state index contributed by atoms with van der Waals surface area (Å²) >= 11 is 6.16. The van der Waals surface area contributed by atoms with E-state index in [1.54, 1.807) is 0 Å². The molecule has 0 fully saturated rings. The molecule has 0 aliphatic rings. The van der Waals surface area contributed by atoms with Crippen molar-refractivity contribution in [3.8, 4) is 11.3 Å². The Hall–Kier alpha value is -1.81. The Bertz CT molecular complexity index is 611. The van der Waals surface area contributed by atoms with Crippen LogP contribution in [0, 0.1) is 12.8 Å². The van der Waals surface area contributed by atoms with Crippen molar-refractivity contribution in [2.45, 2.75) is 20.8 Å². The Kier molecular flexibility index (Phi) is 4.45. The van der Waals surface area contributed by atoms with Crippen LogP contribution in [0.3, 0.4) is 0 Å². The molecule has 0 saturated heterocycles. The summed E-state index contributed by atoms with van der Waals surface area (Å²) in [5, 5.41) is 3.98. The SMILES string of the molecule is Cc1c(Cl)cccc1-c1cc(NCC(C)C)nc(N)n1. The normalized spacial score (nSPS) is 10.8. The Morgan fingerprint density at radius 1 is 1.30 bits per heavy atom. The van der Waals surface area contributed by atoms with Gasteiger partial charge in [-0.1, -0.05) is 37.6 Å². The van der Waals surface area contributed by atoms with E-state index in [9.17, 15) is 0 Å². The molecule has 0 aliphatic heterocycles. The van der Waals surface area contributed by atoms with Gasteiger partial charge in [0, 0.05) is 23.2 Å². The highest BCUT2D eigenvalue weighted by Gasteiger charge is 2.09. The summed E-state index contributed by atoms with van der Waals surface area (Å²) in [6, 6.07) is 7.65. The molecule has 2 aromatic rings. The number of benzene rings is 1. The van der Waals surface area contributed by atoms with E-state index in [4.69, 9.17) is 17.3 Å². The summed E-state index contributed by atoms with van der Waals surface area (Å²) in [6.45, 7) is 7.08. The fourth-order valence-corrected chi connectivity index (χ4v) is 2.06. The zero-order valence-electron chi connectivity index (χ0n) is 11.9. The van der Waals surface area contributed by atoms with Crippen molar-refractivity contribution in [1.29, 1.82) is 0 Å². The van der Waals surface area contributed by atoms with Crippen molar-refractivity contribution in [3.63, 3.8) is 0 Å². The number of hydrogen-bond donors (Lipinski definition) is 2. The first-order valence-corrected chi connectivity index (χ1v) is 6.99. The highest BCUT2D eigenvalue weighted by Crippen LogP contribution is 2.28. The van der Waals surface area contributed by atoms with E-state index in [0.29, 0.717) is 5.92 Å². The molecule has 0 atom stereocenters. The van der Waals surface area contributed by atoms with Gasteiger partial charge in [-0.15, -0.1) is 0 Å². The van der Waals surface area contributed by atoms with E-state index >= 15 is 0 Å². The quantitative estimate of drug-likeness (QED) is 0.900. The summed E-state index contributed by atoms with van der Waals surface area (Å²) in [5.41, 5.74) is 8.54. The third-order valence-corrected chi connectivity index (χ3v) is 3.39. The molecule has 3 N–H and O–H groups in total. The molecule has 1 heterocycles. The van der Waals surface area contributed by atoms with Gasteiger partial charge in [-0.2, -0.15) is 4.98 Å². The number of rotatable bonds is 4. The smallest absolute Gasteiger partial charge is 0.222 e. The van der Waals surface area contributed by atoms with Gasteiger partial charge in [0.25, 0.3) is 0 Å². The van der Waals surface area contributed by atoms with E-state index in [-0.39, 0.29) is 5.95 Å². The fourth-order valence-electron chi connectivity index (χ4n) is 1.89. The molecule has 0 amide bonds. The molecule has 1 aromatic heterocycles. The van der Waals surface area contributed by atoms with Crippen LogP contribution < -0.4 is 11.1 Å². The standard InChI is InChI=1S/C15H19ClN4/c1-9(2)8-18-14-7-13(19-15(17)20-14)11-5-4-6-12(16)10(11)3/h4-7,9H,8H2,1-3H3,(H3,17,18,19,20). The first-order chi connectivity index (χ1) is 9.47. The maximum atomic E-state index is 6.16. The zero-order chi connectivity index (χ0) is 14.7. The van der Waals surface area contributed by atoms with Gasteiger partial charge in [0.05, 0.1) is 5.69 Å². The van der Waals surface area contributed by atoms with Crippen molar-refractivity contribution < 1.29 is 0 Å². The van der Waals surface area contributed by atoms with Crippen LogP contribution in [0.25, 0.3) is 11.3 Å². The van der Waals surface area contributed by atoms with Crippen LogP contribution in [0.2, 0.25) is 5.02 Å². The summed E-state index contributed by atoms with van der Waals surface area (Å²) in [4.78, 5) is 8.51. The molecular formula is C15H19ClN4. The molecule has 0 spiro atoms. The first kappa shape index (κ1) is 14.6. The third-order valence-electron chi connectivity index (χ3n) is 2.98. The minimum absolute atomic E-state index is 0.258. The molecule has 4 nitrogen and oxygen atoms in total. The summed E-state index contributed by atoms with van der Waals surface area (Å²) in [5.74, 6) is 1.52. The first-order valence-electron chi connectivity index (χ1n) is 6.61. The van der Waals surface area contributed by atoms with Crippen molar-refractivity contribution in [2.24, 2.45) is 5.92 Å². The molecule has 1 aromatic carbocycles. The number of aromatic nitrogens is 2. The van der Waals surface area contributed by atoms with Gasteiger partial charge in [-0.3, -0.25) is 0 Å². The van der Waals surface area contributed by atoms with Crippen LogP contribution in [0.4, 0.5) is 11.8 Å². The lowest BCUT2D eigenvalue weighted by molar-refractivity contribution is 0.687. The molecule has 106 valence electrons. The number of halogens is 1. The van der Waals surface area contributed by atoms with Crippen LogP contribution in [0.5, 0.6) is 0 Å². The number of hydrogen-bond acceptors (Lipinski definition) is 4. The van der Waals surface area contributed by atoms with E-state index in [0.717, 1.165) is 34.2 Å². The second-order valence-corrected chi connectivity index (χ2v) is 5.59. The van der Waals surface area contributed by atoms with Gasteiger partial charge in [-0.05, 0) is 24.5 Å². The molecule has 5 heteroatoms. The molecular weight excluding hydrogens is 272 g/mol. The van der Waals surface area contributed by atoms with Gasteiger partial charge in [0.1, 0.15) is 5.82 Å². The highest BCUT2D eigenvalue weighted by molar-refractivity contribution is 6.31. The Morgan fingerprint density at radius 3 is 2.75 bits per heavy atom. The molecule has 0 unspecified atom stereocenters. The Morgan fingerprint density at radius 2 is 2.05 bits per heavy atom. The van der Waals surface area contributed by atoms with E-state index in [2.05, 4.69) is 29.1 Å². The Balaban J connectivity index is 2.39. The average molecular weight is 291 g/mol. The maximum Gasteiger partial charge on any atom is 0.222 e. The number of nitrogens with one attached hydrogen (secondary N) is 1. The molecule has 0 radical (unpaired) electrons. The largest absolute Gasteiger partial charge is 0.370 e. The number of nitrogens with zero attached hydrogens (tertiary/aromatic N) is 2. The third kappa shape index (κ3) is 3.39. The highest BCUT2D eigenvalue weighted by atomic mass is 35.5. The summed E-state index contributed by atoms with van der Waals surface area (Å²) < 4.78 is 0. The minimum atomic E-state index is 0.258. The topological polar surface area (TPSA) is 63.8 Å². The molecule has 20 heavy (non-hydrogen) atoms. The monoisotopic (exact) mass is 290 g/mol. The Labute approximate surface area is 124 Å². The number of nitrogen functional groups attached to an aromatic ring is 1. The number of nitrogens with two attached hydrogens (primary N) is 1. The molecule has 0 aliphatic carbocycles. The molecule has 0 bridgehead atoms. The number of anilines is 2. The van der Waals surface area contributed by atoms with Crippen LogP contribution in [0.15, 0.2) is 24.3 Å². The predicted octanol–water partition coefficient (Wildman–Crippen LogP) is 3.76. The van der Waals surface area contributed by atoms with E-state index in [1.807, 2.05) is 31.2 Å². The van der Waals surface area contributed by atoms with Crippen LogP contribution >= 0.6 is 11.6 Å². The fraction of sp³-hybridized carbons (Fsp3) is 0.333. The predicted molar refractivity (Wildman–Crippen MR) is 85.0 cm³/mol. The van der Waals surface area contributed by atoms with Gasteiger partial charge in [-0.25, -0.2) is 4.98 Å². The summed E-state index contributed by atoms with van der Waals surface area (Å²) in [6.07, 6.45) is 0. The van der Waals surface area contributed by atoms with Crippen molar-refractivity contribution >= 4 is 23.4 Å². The molecule has 2 rings (SSSR count). The maximum absolute atomic E-state index is 6.16. The van der Waals surface area contributed by atoms with Crippen molar-refractivity contribution in [2.75, 3.05) is 17.6 Å². The minimum Gasteiger partial charge on any atom is -0.370 e. The van der Waals surface area contributed by atoms with E-state index in [1.165, 1.54) is 0 Å². The van der Waals surface area contributed by atoms with Gasteiger partial charge < -0.3 is 11.1 Å². The van der Waals surface area contributed by atoms with Gasteiger partial charge >= 0.3 is 0 Å². The van der Waals surface area contributed by atoms with Crippen molar-refractivity contribution in [3.05, 3.63) is 34.9 Å². The van der Waals surface area contributed by atoms with Gasteiger partial charge in [0.2, 0.25) is 5.95 Å². The van der Waals surface area contributed by atoms with Crippen LogP contribution in [0.1, 0.15) is 19.4 Å². The lowest BCUT2D eigenvalue weighted by atomic mass is 10.1.